The van der Waals surface area contributed by atoms with E-state index in [4.69, 9.17) is 4.74 Å². The molecule has 2 heterocycles. The molecule has 4 aromatic rings. The van der Waals surface area contributed by atoms with E-state index in [1.54, 1.807) is 33.9 Å². The van der Waals surface area contributed by atoms with Gasteiger partial charge in [-0.05, 0) is 42.3 Å². The minimum absolute atomic E-state index is 0.00902. The van der Waals surface area contributed by atoms with Gasteiger partial charge in [-0.15, -0.1) is 0 Å². The lowest BCUT2D eigenvalue weighted by Crippen LogP contribution is -2.51. The molecule has 0 fully saturated rings. The highest BCUT2D eigenvalue weighted by Gasteiger charge is 2.33. The molecule has 0 radical (unpaired) electrons. The van der Waals surface area contributed by atoms with Crippen molar-refractivity contribution in [3.05, 3.63) is 105 Å². The van der Waals surface area contributed by atoms with Gasteiger partial charge in [-0.2, -0.15) is 0 Å². The van der Waals surface area contributed by atoms with Crippen LogP contribution in [0, 0.1) is 0 Å². The number of pyridine rings is 1. The van der Waals surface area contributed by atoms with Gasteiger partial charge in [0.25, 0.3) is 5.91 Å². The van der Waals surface area contributed by atoms with E-state index in [0.29, 0.717) is 35.3 Å². The third kappa shape index (κ3) is 5.04. The van der Waals surface area contributed by atoms with Crippen molar-refractivity contribution in [3.63, 3.8) is 0 Å². The molecule has 5 rings (SSSR count). The van der Waals surface area contributed by atoms with Crippen molar-refractivity contribution in [2.45, 2.75) is 19.1 Å². The Morgan fingerprint density at radius 1 is 1.00 bits per heavy atom. The number of aromatic nitrogens is 1. The lowest BCUT2D eigenvalue weighted by atomic mass is 10.1. The van der Waals surface area contributed by atoms with Gasteiger partial charge in [0.1, 0.15) is 12.3 Å². The molecule has 0 saturated heterocycles. The second kappa shape index (κ2) is 10.4. The summed E-state index contributed by atoms with van der Waals surface area (Å²) in [5, 5.41) is 3.46. The van der Waals surface area contributed by atoms with Crippen LogP contribution in [0.2, 0.25) is 0 Å². The predicted molar refractivity (Wildman–Crippen MR) is 142 cm³/mol. The van der Waals surface area contributed by atoms with Crippen molar-refractivity contribution in [1.82, 2.24) is 9.88 Å². The number of hydrogen-bond donors (Lipinski definition) is 1. The van der Waals surface area contributed by atoms with Crippen LogP contribution in [0.1, 0.15) is 5.56 Å². The van der Waals surface area contributed by atoms with E-state index in [2.05, 4.69) is 21.2 Å². The molecular formula is C28H24BrN3O4. The number of fused-ring (bicyclic) bond motifs is 2. The Bertz CT molecular complexity index is 1490. The molecule has 36 heavy (non-hydrogen) atoms. The second-order valence-electron chi connectivity index (χ2n) is 8.57. The zero-order chi connectivity index (χ0) is 25.1. The van der Waals surface area contributed by atoms with Gasteiger partial charge in [0, 0.05) is 28.7 Å². The summed E-state index contributed by atoms with van der Waals surface area (Å²) in [6, 6.07) is 24.0. The molecule has 0 unspecified atom stereocenters. The van der Waals surface area contributed by atoms with E-state index in [-0.39, 0.29) is 30.3 Å². The Morgan fingerprint density at radius 3 is 2.61 bits per heavy atom. The fourth-order valence-electron chi connectivity index (χ4n) is 4.35. The fourth-order valence-corrected chi connectivity index (χ4v) is 4.71. The number of nitrogens with one attached hydrogen (secondary N) is 1. The summed E-state index contributed by atoms with van der Waals surface area (Å²) in [7, 11) is 0. The second-order valence-corrected chi connectivity index (χ2v) is 9.49. The molecule has 0 aliphatic carbocycles. The normalized spacial score (nSPS) is 14.7. The van der Waals surface area contributed by atoms with Gasteiger partial charge < -0.3 is 19.5 Å². The summed E-state index contributed by atoms with van der Waals surface area (Å²) in [6.07, 6.45) is 1.49. The third-order valence-corrected chi connectivity index (χ3v) is 6.66. The molecule has 7 nitrogen and oxygen atoms in total. The number of carbonyl (C=O) groups is 2. The van der Waals surface area contributed by atoms with E-state index in [9.17, 15) is 14.4 Å². The largest absolute Gasteiger partial charge is 0.477 e. The minimum atomic E-state index is -0.832. The van der Waals surface area contributed by atoms with Gasteiger partial charge in [0.05, 0.1) is 17.7 Å². The van der Waals surface area contributed by atoms with Crippen LogP contribution in [0.4, 0.5) is 5.69 Å². The van der Waals surface area contributed by atoms with Gasteiger partial charge in [-0.25, -0.2) is 0 Å². The van der Waals surface area contributed by atoms with Crippen molar-refractivity contribution in [3.8, 4) is 5.75 Å². The van der Waals surface area contributed by atoms with Crippen LogP contribution in [-0.4, -0.2) is 35.6 Å². The number of amides is 2. The molecule has 1 atom stereocenters. The summed E-state index contributed by atoms with van der Waals surface area (Å²) >= 11 is 3.40. The Morgan fingerprint density at radius 2 is 1.78 bits per heavy atom. The molecule has 0 saturated carbocycles. The van der Waals surface area contributed by atoms with Crippen molar-refractivity contribution in [2.75, 3.05) is 18.0 Å². The number of carbonyl (C=O) groups excluding carboxylic acids is 2. The summed E-state index contributed by atoms with van der Waals surface area (Å²) < 4.78 is 8.51. The molecule has 0 spiro atoms. The maximum Gasteiger partial charge on any atom is 0.262 e. The molecule has 3 aromatic carbocycles. The Kier molecular flexibility index (Phi) is 6.86. The van der Waals surface area contributed by atoms with Crippen LogP contribution in [0.3, 0.4) is 0 Å². The first-order valence-corrected chi connectivity index (χ1v) is 12.5. The molecule has 8 heteroatoms. The van der Waals surface area contributed by atoms with Crippen LogP contribution >= 0.6 is 15.9 Å². The molecule has 0 bridgehead atoms. The minimum Gasteiger partial charge on any atom is -0.477 e. The smallest absolute Gasteiger partial charge is 0.262 e. The summed E-state index contributed by atoms with van der Waals surface area (Å²) in [5.74, 6) is 0.00611. The first-order chi connectivity index (χ1) is 17.5. The molecule has 1 aliphatic heterocycles. The zero-order valence-electron chi connectivity index (χ0n) is 19.4. The molecule has 1 N–H and O–H groups in total. The van der Waals surface area contributed by atoms with Crippen LogP contribution in [-0.2, 0) is 22.6 Å². The number of anilines is 1. The van der Waals surface area contributed by atoms with Crippen molar-refractivity contribution >= 4 is 44.3 Å². The lowest BCUT2D eigenvalue weighted by Gasteiger charge is -2.34. The maximum atomic E-state index is 13.5. The SMILES string of the molecule is O=C(NCCc1ccccc1)[C@H]1CN(C(=O)Cn2ccc(=O)c3cc(Br)ccc32)c2ccccc2O1. The summed E-state index contributed by atoms with van der Waals surface area (Å²) in [5.41, 5.74) is 2.29. The van der Waals surface area contributed by atoms with Gasteiger partial charge in [-0.1, -0.05) is 58.4 Å². The van der Waals surface area contributed by atoms with Crippen LogP contribution < -0.4 is 20.4 Å². The molecule has 182 valence electrons. The average Bonchev–Trinajstić information content (AvgIpc) is 2.90. The standard InChI is InChI=1S/C28H24BrN3O4/c29-20-10-11-22-21(16-20)24(33)13-15-31(22)18-27(34)32-17-26(36-25-9-5-4-8-23(25)32)28(35)30-14-12-19-6-2-1-3-7-19/h1-11,13,15-16,26H,12,14,17-18H2,(H,30,35)/t26-/m1/s1. The fraction of sp³-hybridized carbons (Fsp3) is 0.179. The van der Waals surface area contributed by atoms with E-state index in [1.807, 2.05) is 54.6 Å². The first-order valence-electron chi connectivity index (χ1n) is 11.7. The van der Waals surface area contributed by atoms with E-state index >= 15 is 0 Å². The number of benzene rings is 3. The first kappa shape index (κ1) is 23.8. The van der Waals surface area contributed by atoms with Gasteiger partial charge in [0.15, 0.2) is 11.5 Å². The van der Waals surface area contributed by atoms with Crippen LogP contribution in [0.15, 0.2) is 94.3 Å². The summed E-state index contributed by atoms with van der Waals surface area (Å²) in [6.45, 7) is 0.572. The number of ether oxygens (including phenoxy) is 1. The quantitative estimate of drug-likeness (QED) is 0.398. The van der Waals surface area contributed by atoms with Crippen LogP contribution in [0.5, 0.6) is 5.75 Å². The van der Waals surface area contributed by atoms with Crippen molar-refractivity contribution in [1.29, 1.82) is 0 Å². The Balaban J connectivity index is 1.34. The van der Waals surface area contributed by atoms with Gasteiger partial charge >= 0.3 is 0 Å². The molecule has 1 aliphatic rings. The lowest BCUT2D eigenvalue weighted by molar-refractivity contribution is -0.128. The number of rotatable bonds is 6. The zero-order valence-corrected chi connectivity index (χ0v) is 21.0. The van der Waals surface area contributed by atoms with Gasteiger partial charge in [-0.3, -0.25) is 14.4 Å². The van der Waals surface area contributed by atoms with Crippen molar-refractivity contribution < 1.29 is 14.3 Å². The van der Waals surface area contributed by atoms with E-state index < -0.39 is 6.10 Å². The third-order valence-electron chi connectivity index (χ3n) is 6.17. The number of para-hydroxylation sites is 2. The predicted octanol–water partition coefficient (Wildman–Crippen LogP) is 3.92. The number of halogens is 1. The Hall–Kier alpha value is -3.91. The number of nitrogens with zero attached hydrogens (tertiary/aromatic N) is 2. The highest BCUT2D eigenvalue weighted by molar-refractivity contribution is 9.10. The van der Waals surface area contributed by atoms with Gasteiger partial charge in [0.2, 0.25) is 5.91 Å². The van der Waals surface area contributed by atoms with E-state index in [0.717, 1.165) is 10.0 Å². The summed E-state index contributed by atoms with van der Waals surface area (Å²) in [4.78, 5) is 40.4. The highest BCUT2D eigenvalue weighted by Crippen LogP contribution is 2.33. The van der Waals surface area contributed by atoms with Crippen molar-refractivity contribution in [2.24, 2.45) is 0 Å². The maximum absolute atomic E-state index is 13.5. The van der Waals surface area contributed by atoms with Crippen LogP contribution in [0.25, 0.3) is 10.9 Å². The van der Waals surface area contributed by atoms with E-state index in [1.165, 1.54) is 6.07 Å². The average molecular weight is 546 g/mol. The molecule has 1 aromatic heterocycles. The number of hydrogen-bond acceptors (Lipinski definition) is 4. The molecular weight excluding hydrogens is 522 g/mol. The molecule has 2 amide bonds. The Labute approximate surface area is 216 Å². The topological polar surface area (TPSA) is 80.6 Å². The monoisotopic (exact) mass is 545 g/mol. The highest BCUT2D eigenvalue weighted by atomic mass is 79.9.